The van der Waals surface area contributed by atoms with Crippen molar-refractivity contribution in [2.75, 3.05) is 13.2 Å². The van der Waals surface area contributed by atoms with Crippen LogP contribution in [0.5, 0.6) is 5.75 Å². The molecule has 0 saturated carbocycles. The molecule has 0 spiro atoms. The highest BCUT2D eigenvalue weighted by molar-refractivity contribution is 7.89. The van der Waals surface area contributed by atoms with Crippen LogP contribution in [-0.2, 0) is 23.6 Å². The number of hydrogen-bond acceptors (Lipinski definition) is 4. The lowest BCUT2D eigenvalue weighted by Crippen LogP contribution is -2.38. The summed E-state index contributed by atoms with van der Waals surface area (Å²) in [6.07, 6.45) is 3.77. The van der Waals surface area contributed by atoms with Crippen LogP contribution in [0.25, 0.3) is 0 Å². The molecule has 0 N–H and O–H groups in total. The van der Waals surface area contributed by atoms with E-state index >= 15 is 0 Å². The van der Waals surface area contributed by atoms with Crippen molar-refractivity contribution < 1.29 is 13.2 Å². The molecular formula is C21H23N3O3S. The molecule has 1 aliphatic heterocycles. The molecule has 7 heteroatoms. The third-order valence-electron chi connectivity index (χ3n) is 5.06. The highest BCUT2D eigenvalue weighted by atomic mass is 32.2. The summed E-state index contributed by atoms with van der Waals surface area (Å²) in [6, 6.07) is 14.6. The molecular weight excluding hydrogens is 374 g/mol. The minimum Gasteiger partial charge on any atom is -0.494 e. The van der Waals surface area contributed by atoms with Crippen LogP contribution in [0.3, 0.4) is 0 Å². The summed E-state index contributed by atoms with van der Waals surface area (Å²) in [6.45, 7) is 3.19. The normalized spacial score (nSPS) is 17.3. The summed E-state index contributed by atoms with van der Waals surface area (Å²) in [5, 5.41) is 4.27. The third-order valence-corrected chi connectivity index (χ3v) is 6.89. The van der Waals surface area contributed by atoms with Crippen molar-refractivity contribution in [1.29, 1.82) is 0 Å². The summed E-state index contributed by atoms with van der Waals surface area (Å²) in [5.41, 5.74) is 3.20. The molecule has 0 aliphatic carbocycles. The molecule has 0 fully saturated rings. The third kappa shape index (κ3) is 3.43. The lowest BCUT2D eigenvalue weighted by Gasteiger charge is -2.33. The molecule has 4 rings (SSSR count). The van der Waals surface area contributed by atoms with Gasteiger partial charge in [-0.1, -0.05) is 24.3 Å². The molecule has 6 nitrogen and oxygen atoms in total. The molecule has 28 heavy (non-hydrogen) atoms. The summed E-state index contributed by atoms with van der Waals surface area (Å²) in [7, 11) is -1.75. The second-order valence-corrected chi connectivity index (χ2v) is 8.84. The van der Waals surface area contributed by atoms with E-state index in [1.807, 2.05) is 44.6 Å². The number of ether oxygens (including phenoxy) is 1. The molecule has 146 valence electrons. The summed E-state index contributed by atoms with van der Waals surface area (Å²) in [5.74, 6) is 0.620. The van der Waals surface area contributed by atoms with Crippen LogP contribution >= 0.6 is 0 Å². The molecule has 2 heterocycles. The first-order valence-corrected chi connectivity index (χ1v) is 10.7. The Labute approximate surface area is 165 Å². The van der Waals surface area contributed by atoms with Crippen LogP contribution in [0.4, 0.5) is 0 Å². The van der Waals surface area contributed by atoms with Gasteiger partial charge in [0.05, 0.1) is 17.7 Å². The van der Waals surface area contributed by atoms with Crippen LogP contribution in [0.15, 0.2) is 65.8 Å². The highest BCUT2D eigenvalue weighted by Crippen LogP contribution is 2.35. The zero-order chi connectivity index (χ0) is 19.7. The standard InChI is InChI=1S/C21H23N3O3S/c1-3-27-18-8-10-19(11-9-18)28(25,26)24-14-16-6-4-5-7-20(16)21(15-24)17-12-22-23(2)13-17/h4-13,21H,3,14-15H2,1-2H3. The van der Waals surface area contributed by atoms with Crippen molar-refractivity contribution in [2.24, 2.45) is 7.05 Å². The van der Waals surface area contributed by atoms with Gasteiger partial charge >= 0.3 is 0 Å². The number of hydrogen-bond donors (Lipinski definition) is 0. The van der Waals surface area contributed by atoms with Gasteiger partial charge in [-0.05, 0) is 47.9 Å². The molecule has 0 amide bonds. The van der Waals surface area contributed by atoms with Gasteiger partial charge in [0.15, 0.2) is 0 Å². The summed E-state index contributed by atoms with van der Waals surface area (Å²) >= 11 is 0. The van der Waals surface area contributed by atoms with Crippen molar-refractivity contribution in [1.82, 2.24) is 14.1 Å². The number of benzene rings is 2. The first-order chi connectivity index (χ1) is 13.5. The van der Waals surface area contributed by atoms with E-state index < -0.39 is 10.0 Å². The van der Waals surface area contributed by atoms with E-state index in [0.717, 1.165) is 16.7 Å². The van der Waals surface area contributed by atoms with E-state index in [1.165, 1.54) is 0 Å². The van der Waals surface area contributed by atoms with E-state index in [0.29, 0.717) is 25.4 Å². The minimum absolute atomic E-state index is 0.0453. The number of fused-ring (bicyclic) bond motifs is 1. The van der Waals surface area contributed by atoms with Gasteiger partial charge in [0.25, 0.3) is 0 Å². The number of nitrogens with zero attached hydrogens (tertiary/aromatic N) is 3. The van der Waals surface area contributed by atoms with Crippen molar-refractivity contribution in [2.45, 2.75) is 24.3 Å². The van der Waals surface area contributed by atoms with Gasteiger partial charge in [0, 0.05) is 32.3 Å². The van der Waals surface area contributed by atoms with Gasteiger partial charge in [-0.25, -0.2) is 8.42 Å². The van der Waals surface area contributed by atoms with Gasteiger partial charge in [-0.2, -0.15) is 9.40 Å². The lowest BCUT2D eigenvalue weighted by molar-refractivity contribution is 0.340. The Hall–Kier alpha value is -2.64. The molecule has 1 atom stereocenters. The maximum absolute atomic E-state index is 13.3. The Balaban J connectivity index is 1.70. The predicted octanol–water partition coefficient (Wildman–Crippen LogP) is 3.16. The molecule has 0 saturated heterocycles. The average Bonchev–Trinajstić information content (AvgIpc) is 3.14. The zero-order valence-corrected chi connectivity index (χ0v) is 16.8. The second-order valence-electron chi connectivity index (χ2n) is 6.90. The van der Waals surface area contributed by atoms with Gasteiger partial charge in [-0.15, -0.1) is 0 Å². The first-order valence-electron chi connectivity index (χ1n) is 9.28. The van der Waals surface area contributed by atoms with Crippen LogP contribution in [0, 0.1) is 0 Å². The van der Waals surface area contributed by atoms with E-state index in [2.05, 4.69) is 11.2 Å². The van der Waals surface area contributed by atoms with Gasteiger partial charge in [0.2, 0.25) is 10.0 Å². The molecule has 3 aromatic rings. The summed E-state index contributed by atoms with van der Waals surface area (Å²) in [4.78, 5) is 0.278. The van der Waals surface area contributed by atoms with E-state index in [-0.39, 0.29) is 10.8 Å². The topological polar surface area (TPSA) is 64.4 Å². The number of sulfonamides is 1. The Bertz CT molecular complexity index is 1070. The fourth-order valence-electron chi connectivity index (χ4n) is 3.69. The zero-order valence-electron chi connectivity index (χ0n) is 15.9. The summed E-state index contributed by atoms with van der Waals surface area (Å²) < 4.78 is 35.4. The average molecular weight is 398 g/mol. The Morgan fingerprint density at radius 3 is 2.57 bits per heavy atom. The van der Waals surface area contributed by atoms with E-state index in [1.54, 1.807) is 33.3 Å². The molecule has 0 bridgehead atoms. The molecule has 1 aromatic heterocycles. The first kappa shape index (κ1) is 18.7. The fraction of sp³-hybridized carbons (Fsp3) is 0.286. The molecule has 0 radical (unpaired) electrons. The van der Waals surface area contributed by atoms with Crippen LogP contribution < -0.4 is 4.74 Å². The van der Waals surface area contributed by atoms with Crippen molar-refractivity contribution >= 4 is 10.0 Å². The maximum atomic E-state index is 13.3. The van der Waals surface area contributed by atoms with Gasteiger partial charge < -0.3 is 4.74 Å². The van der Waals surface area contributed by atoms with Crippen molar-refractivity contribution in [3.63, 3.8) is 0 Å². The number of rotatable bonds is 5. The van der Waals surface area contributed by atoms with Gasteiger partial charge in [0.1, 0.15) is 5.75 Å². The monoisotopic (exact) mass is 397 g/mol. The van der Waals surface area contributed by atoms with Gasteiger partial charge in [-0.3, -0.25) is 4.68 Å². The van der Waals surface area contributed by atoms with Crippen LogP contribution in [0.1, 0.15) is 29.5 Å². The highest BCUT2D eigenvalue weighted by Gasteiger charge is 2.34. The Kier molecular flexibility index (Phi) is 4.95. The van der Waals surface area contributed by atoms with E-state index in [9.17, 15) is 8.42 Å². The quantitative estimate of drug-likeness (QED) is 0.663. The Morgan fingerprint density at radius 1 is 1.14 bits per heavy atom. The van der Waals surface area contributed by atoms with E-state index in [4.69, 9.17) is 4.74 Å². The maximum Gasteiger partial charge on any atom is 0.243 e. The minimum atomic E-state index is -3.62. The number of aryl methyl sites for hydroxylation is 1. The largest absolute Gasteiger partial charge is 0.494 e. The fourth-order valence-corrected chi connectivity index (χ4v) is 5.12. The SMILES string of the molecule is CCOc1ccc(S(=O)(=O)N2Cc3ccccc3C(c3cnn(C)c3)C2)cc1. The second kappa shape index (κ2) is 7.41. The molecule has 2 aromatic carbocycles. The van der Waals surface area contributed by atoms with Crippen LogP contribution in [-0.4, -0.2) is 35.7 Å². The number of aromatic nitrogens is 2. The van der Waals surface area contributed by atoms with Crippen molar-refractivity contribution in [3.05, 3.63) is 77.6 Å². The van der Waals surface area contributed by atoms with Crippen molar-refractivity contribution in [3.8, 4) is 5.75 Å². The Morgan fingerprint density at radius 2 is 1.89 bits per heavy atom. The molecule has 1 unspecified atom stereocenters. The predicted molar refractivity (Wildman–Crippen MR) is 107 cm³/mol. The molecule has 1 aliphatic rings. The lowest BCUT2D eigenvalue weighted by atomic mass is 9.87. The smallest absolute Gasteiger partial charge is 0.243 e. The van der Waals surface area contributed by atoms with Crippen LogP contribution in [0.2, 0.25) is 0 Å².